The molecular formula is C28H30ClNO2. The van der Waals surface area contributed by atoms with Crippen molar-refractivity contribution in [2.75, 3.05) is 26.1 Å². The summed E-state index contributed by atoms with van der Waals surface area (Å²) >= 11 is 6.22. The van der Waals surface area contributed by atoms with Crippen molar-refractivity contribution in [2.24, 2.45) is 0 Å². The van der Waals surface area contributed by atoms with E-state index in [-0.39, 0.29) is 5.91 Å². The summed E-state index contributed by atoms with van der Waals surface area (Å²) in [5, 5.41) is 0. The molecule has 0 heterocycles. The van der Waals surface area contributed by atoms with Crippen LogP contribution in [0.1, 0.15) is 36.5 Å². The van der Waals surface area contributed by atoms with Gasteiger partial charge in [0.05, 0.1) is 6.54 Å². The Bertz CT molecular complexity index is 1010. The zero-order valence-electron chi connectivity index (χ0n) is 18.8. The molecule has 0 aliphatic carbocycles. The van der Waals surface area contributed by atoms with E-state index in [1.807, 2.05) is 31.2 Å². The fraction of sp³-hybridized carbons (Fsp3) is 0.250. The number of carbonyl (C=O) groups is 1. The Morgan fingerprint density at radius 2 is 1.41 bits per heavy atom. The first-order valence-electron chi connectivity index (χ1n) is 11.0. The topological polar surface area (TPSA) is 29.5 Å². The molecule has 1 amide bonds. The molecule has 4 heteroatoms. The average molecular weight is 448 g/mol. The van der Waals surface area contributed by atoms with Crippen molar-refractivity contribution >= 4 is 28.7 Å². The summed E-state index contributed by atoms with van der Waals surface area (Å²) in [4.78, 5) is 13.4. The van der Waals surface area contributed by atoms with Gasteiger partial charge in [-0.2, -0.15) is 0 Å². The molecule has 0 bridgehead atoms. The van der Waals surface area contributed by atoms with E-state index < -0.39 is 0 Å². The highest BCUT2D eigenvalue weighted by atomic mass is 35.5. The molecule has 0 aliphatic heterocycles. The number of halogens is 1. The summed E-state index contributed by atoms with van der Waals surface area (Å²) in [6.07, 6.45) is 1.28. The predicted molar refractivity (Wildman–Crippen MR) is 134 cm³/mol. The molecule has 0 saturated heterocycles. The Balaban J connectivity index is 1.90. The molecule has 0 spiro atoms. The molecule has 32 heavy (non-hydrogen) atoms. The average Bonchev–Trinajstić information content (AvgIpc) is 2.85. The minimum Gasteiger partial charge on any atom is -0.492 e. The van der Waals surface area contributed by atoms with Gasteiger partial charge in [-0.05, 0) is 46.4 Å². The highest BCUT2D eigenvalue weighted by Gasteiger charge is 2.14. The number of hydrogen-bond donors (Lipinski definition) is 0. The number of carbonyl (C=O) groups excluding carboxylic acids is 1. The van der Waals surface area contributed by atoms with Crippen LogP contribution in [-0.4, -0.2) is 36.9 Å². The van der Waals surface area contributed by atoms with E-state index in [4.69, 9.17) is 16.3 Å². The molecule has 0 aliphatic rings. The number of allylic oxidation sites excluding steroid dienone is 1. The van der Waals surface area contributed by atoms with E-state index in [9.17, 15) is 4.79 Å². The lowest BCUT2D eigenvalue weighted by Gasteiger charge is -2.18. The molecule has 0 radical (unpaired) electrons. The highest BCUT2D eigenvalue weighted by Crippen LogP contribution is 2.35. The lowest BCUT2D eigenvalue weighted by Crippen LogP contribution is -2.30. The number of likely N-dealkylation sites (N-methyl/N-ethyl adjacent to an activating group) is 1. The summed E-state index contributed by atoms with van der Waals surface area (Å²) in [7, 11) is 1.80. The van der Waals surface area contributed by atoms with Crippen LogP contribution < -0.4 is 4.74 Å². The Morgan fingerprint density at radius 1 is 0.844 bits per heavy atom. The van der Waals surface area contributed by atoms with Crippen molar-refractivity contribution in [1.82, 2.24) is 4.90 Å². The molecule has 0 aromatic heterocycles. The largest absolute Gasteiger partial charge is 0.492 e. The number of amides is 1. The second-order valence-electron chi connectivity index (χ2n) is 7.57. The van der Waals surface area contributed by atoms with Gasteiger partial charge in [-0.3, -0.25) is 4.79 Å². The van der Waals surface area contributed by atoms with E-state index in [2.05, 4.69) is 60.7 Å². The molecule has 3 rings (SSSR count). The van der Waals surface area contributed by atoms with Crippen LogP contribution in [0.25, 0.3) is 11.1 Å². The minimum atomic E-state index is 0.120. The summed E-state index contributed by atoms with van der Waals surface area (Å²) in [6, 6.07) is 29.0. The molecule has 3 nitrogen and oxygen atoms in total. The van der Waals surface area contributed by atoms with Crippen LogP contribution in [-0.2, 0) is 4.79 Å². The molecule has 0 N–H and O–H groups in total. The standard InChI is InChI=1S/C28H30ClNO2/c1-3-27(31)30(2)20-21-32-25-16-14-24(15-17-25)28(23-12-8-5-9-13-23)26(18-19-29)22-10-6-4-7-11-22/h4-17H,3,18-21H2,1-2H3/b28-26-. The summed E-state index contributed by atoms with van der Waals surface area (Å²) in [6.45, 7) is 2.89. The van der Waals surface area contributed by atoms with Crippen LogP contribution >= 0.6 is 11.6 Å². The Morgan fingerprint density at radius 3 is 1.97 bits per heavy atom. The maximum Gasteiger partial charge on any atom is 0.222 e. The summed E-state index contributed by atoms with van der Waals surface area (Å²) in [5.74, 6) is 1.46. The van der Waals surface area contributed by atoms with Crippen molar-refractivity contribution in [3.05, 3.63) is 102 Å². The van der Waals surface area contributed by atoms with Gasteiger partial charge in [0, 0.05) is 19.3 Å². The number of benzene rings is 3. The van der Waals surface area contributed by atoms with E-state index in [1.165, 1.54) is 16.7 Å². The van der Waals surface area contributed by atoms with Gasteiger partial charge in [-0.25, -0.2) is 0 Å². The van der Waals surface area contributed by atoms with Gasteiger partial charge in [0.1, 0.15) is 12.4 Å². The van der Waals surface area contributed by atoms with E-state index in [0.29, 0.717) is 25.5 Å². The molecule has 3 aromatic carbocycles. The first kappa shape index (κ1) is 23.6. The van der Waals surface area contributed by atoms with Gasteiger partial charge in [-0.1, -0.05) is 79.7 Å². The SMILES string of the molecule is CCC(=O)N(C)CCOc1ccc(/C(=C(/CCCl)c2ccccc2)c2ccccc2)cc1. The summed E-state index contributed by atoms with van der Waals surface area (Å²) in [5.41, 5.74) is 5.85. The number of hydrogen-bond acceptors (Lipinski definition) is 2. The number of nitrogens with zero attached hydrogens (tertiary/aromatic N) is 1. The van der Waals surface area contributed by atoms with Gasteiger partial charge in [0.15, 0.2) is 0 Å². The van der Waals surface area contributed by atoms with E-state index in [0.717, 1.165) is 23.3 Å². The van der Waals surface area contributed by atoms with Crippen molar-refractivity contribution in [3.63, 3.8) is 0 Å². The Labute approximate surface area is 196 Å². The van der Waals surface area contributed by atoms with Crippen molar-refractivity contribution in [2.45, 2.75) is 19.8 Å². The van der Waals surface area contributed by atoms with Gasteiger partial charge >= 0.3 is 0 Å². The minimum absolute atomic E-state index is 0.120. The van der Waals surface area contributed by atoms with E-state index in [1.54, 1.807) is 11.9 Å². The fourth-order valence-corrected chi connectivity index (χ4v) is 3.87. The van der Waals surface area contributed by atoms with Crippen molar-refractivity contribution < 1.29 is 9.53 Å². The molecule has 0 fully saturated rings. The van der Waals surface area contributed by atoms with Crippen LogP contribution in [0.5, 0.6) is 5.75 Å². The number of alkyl halides is 1. The monoisotopic (exact) mass is 447 g/mol. The molecule has 0 saturated carbocycles. The van der Waals surface area contributed by atoms with Crippen LogP contribution in [0.15, 0.2) is 84.9 Å². The lowest BCUT2D eigenvalue weighted by atomic mass is 9.88. The Hall–Kier alpha value is -3.04. The zero-order chi connectivity index (χ0) is 22.8. The first-order chi connectivity index (χ1) is 15.6. The fourth-order valence-electron chi connectivity index (χ4n) is 3.68. The molecule has 0 unspecified atom stereocenters. The van der Waals surface area contributed by atoms with Crippen molar-refractivity contribution in [1.29, 1.82) is 0 Å². The highest BCUT2D eigenvalue weighted by molar-refractivity contribution is 6.18. The first-order valence-corrected chi connectivity index (χ1v) is 11.5. The molecule has 0 atom stereocenters. The third-order valence-corrected chi connectivity index (χ3v) is 5.59. The van der Waals surface area contributed by atoms with Crippen LogP contribution in [0.2, 0.25) is 0 Å². The van der Waals surface area contributed by atoms with Gasteiger partial charge in [0.25, 0.3) is 0 Å². The van der Waals surface area contributed by atoms with Gasteiger partial charge in [-0.15, -0.1) is 11.6 Å². The summed E-state index contributed by atoms with van der Waals surface area (Å²) < 4.78 is 5.87. The second kappa shape index (κ2) is 12.1. The van der Waals surface area contributed by atoms with Crippen LogP contribution in [0, 0.1) is 0 Å². The molecular weight excluding hydrogens is 418 g/mol. The van der Waals surface area contributed by atoms with Crippen LogP contribution in [0.3, 0.4) is 0 Å². The normalized spacial score (nSPS) is 11.6. The van der Waals surface area contributed by atoms with Gasteiger partial charge in [0.2, 0.25) is 5.91 Å². The zero-order valence-corrected chi connectivity index (χ0v) is 19.5. The maximum absolute atomic E-state index is 11.7. The van der Waals surface area contributed by atoms with Crippen LogP contribution in [0.4, 0.5) is 0 Å². The Kier molecular flexibility index (Phi) is 8.94. The quantitative estimate of drug-likeness (QED) is 0.261. The van der Waals surface area contributed by atoms with Crippen molar-refractivity contribution in [3.8, 4) is 5.75 Å². The second-order valence-corrected chi connectivity index (χ2v) is 7.94. The van der Waals surface area contributed by atoms with E-state index >= 15 is 0 Å². The third-order valence-electron chi connectivity index (χ3n) is 5.40. The third kappa shape index (κ3) is 6.24. The smallest absolute Gasteiger partial charge is 0.222 e. The molecule has 166 valence electrons. The predicted octanol–water partition coefficient (Wildman–Crippen LogP) is 6.52. The molecule has 3 aromatic rings. The number of rotatable bonds is 10. The lowest BCUT2D eigenvalue weighted by molar-refractivity contribution is -0.129. The maximum atomic E-state index is 11.7. The van der Waals surface area contributed by atoms with Gasteiger partial charge < -0.3 is 9.64 Å². The number of ether oxygens (including phenoxy) is 1.